The highest BCUT2D eigenvalue weighted by atomic mass is 32.2. The predicted molar refractivity (Wildman–Crippen MR) is 119 cm³/mol. The van der Waals surface area contributed by atoms with E-state index in [4.69, 9.17) is 13.6 Å². The predicted octanol–water partition coefficient (Wildman–Crippen LogP) is 4.54. The lowest BCUT2D eigenvalue weighted by molar-refractivity contribution is -0.385. The number of carbonyl (C=O) groups is 1. The third kappa shape index (κ3) is 4.44. The Morgan fingerprint density at radius 3 is 2.65 bits per heavy atom. The van der Waals surface area contributed by atoms with Gasteiger partial charge in [-0.05, 0) is 39.0 Å². The Hall–Kier alpha value is -3.93. The van der Waals surface area contributed by atoms with Crippen LogP contribution >= 0.6 is 11.8 Å². The number of nitro groups is 1. The normalized spacial score (nSPS) is 11.6. The number of fused-ring (bicyclic) bond motifs is 1. The van der Waals surface area contributed by atoms with E-state index in [0.29, 0.717) is 11.0 Å². The summed E-state index contributed by atoms with van der Waals surface area (Å²) in [5.74, 6) is -2.04. The van der Waals surface area contributed by atoms with E-state index in [-0.39, 0.29) is 34.7 Å². The molecule has 0 saturated heterocycles. The van der Waals surface area contributed by atoms with Crippen molar-refractivity contribution >= 4 is 34.5 Å². The van der Waals surface area contributed by atoms with Gasteiger partial charge in [-0.3, -0.25) is 19.5 Å². The number of para-hydroxylation sites is 2. The molecule has 4 rings (SSSR count). The molecule has 2 aromatic heterocycles. The van der Waals surface area contributed by atoms with Crippen LogP contribution in [0.1, 0.15) is 25.4 Å². The van der Waals surface area contributed by atoms with Gasteiger partial charge in [0.05, 0.1) is 27.7 Å². The van der Waals surface area contributed by atoms with Gasteiger partial charge in [-0.25, -0.2) is 14.2 Å². The van der Waals surface area contributed by atoms with E-state index >= 15 is 0 Å². The number of non-ortho nitro benzene ring substituents is 1. The molecule has 2 heterocycles. The first-order valence-electron chi connectivity index (χ1n) is 9.94. The summed E-state index contributed by atoms with van der Waals surface area (Å²) in [5, 5.41) is 11.3. The third-order valence-corrected chi connectivity index (χ3v) is 6.05. The topological polar surface area (TPSA) is 131 Å². The third-order valence-electron chi connectivity index (χ3n) is 4.92. The summed E-state index contributed by atoms with van der Waals surface area (Å²) in [7, 11) is 0. The molecule has 0 aliphatic rings. The van der Waals surface area contributed by atoms with E-state index in [1.165, 1.54) is 23.6 Å². The Bertz CT molecular complexity index is 1470. The van der Waals surface area contributed by atoms with E-state index in [2.05, 4.69) is 4.98 Å². The van der Waals surface area contributed by atoms with Gasteiger partial charge in [0.15, 0.2) is 29.1 Å². The molecule has 0 N–H and O–H groups in total. The molecule has 0 saturated carbocycles. The smallest absolute Gasteiger partial charge is 0.456 e. The SMILES string of the molecule is Cc1oc(=O)oc1COC(=O)C(C)(C)Sc1nc2ccccc2n1-c1ccc([N+](=O)[O-])cc1F. The number of benzene rings is 2. The lowest BCUT2D eigenvalue weighted by atomic mass is 10.2. The molecule has 2 aromatic carbocycles. The second-order valence-corrected chi connectivity index (χ2v) is 9.32. The van der Waals surface area contributed by atoms with E-state index < -0.39 is 27.3 Å². The van der Waals surface area contributed by atoms with E-state index in [9.17, 15) is 24.1 Å². The molecule has 176 valence electrons. The van der Waals surface area contributed by atoms with Crippen LogP contribution in [-0.2, 0) is 16.1 Å². The van der Waals surface area contributed by atoms with Crippen molar-refractivity contribution in [2.75, 3.05) is 0 Å². The maximum Gasteiger partial charge on any atom is 0.519 e. The summed E-state index contributed by atoms with van der Waals surface area (Å²) in [6, 6.07) is 10.3. The van der Waals surface area contributed by atoms with Gasteiger partial charge in [-0.15, -0.1) is 0 Å². The van der Waals surface area contributed by atoms with Gasteiger partial charge >= 0.3 is 11.8 Å². The molecule has 34 heavy (non-hydrogen) atoms. The molecule has 0 aliphatic carbocycles. The number of rotatable bonds is 7. The van der Waals surface area contributed by atoms with Crippen LogP contribution in [0.3, 0.4) is 0 Å². The minimum Gasteiger partial charge on any atom is -0.456 e. The molecule has 0 aliphatic heterocycles. The fourth-order valence-electron chi connectivity index (χ4n) is 3.18. The quantitative estimate of drug-likeness (QED) is 0.159. The summed E-state index contributed by atoms with van der Waals surface area (Å²) in [6.45, 7) is 4.42. The molecule has 0 unspecified atom stereocenters. The van der Waals surface area contributed by atoms with Crippen LogP contribution < -0.4 is 5.82 Å². The van der Waals surface area contributed by atoms with E-state index in [0.717, 1.165) is 17.8 Å². The van der Waals surface area contributed by atoms with Gasteiger partial charge in [-0.2, -0.15) is 0 Å². The van der Waals surface area contributed by atoms with Crippen molar-refractivity contribution < 1.29 is 27.7 Å². The summed E-state index contributed by atoms with van der Waals surface area (Å²) in [6.07, 6.45) is 0. The van der Waals surface area contributed by atoms with Crippen molar-refractivity contribution in [3.8, 4) is 5.69 Å². The van der Waals surface area contributed by atoms with Crippen LogP contribution in [0.25, 0.3) is 16.7 Å². The Labute approximate surface area is 195 Å². The minimum absolute atomic E-state index is 0.0433. The zero-order chi connectivity index (χ0) is 24.6. The Morgan fingerprint density at radius 1 is 1.26 bits per heavy atom. The van der Waals surface area contributed by atoms with Crippen molar-refractivity contribution in [3.05, 3.63) is 80.5 Å². The average Bonchev–Trinajstić information content (AvgIpc) is 3.29. The standard InChI is InChI=1S/C22H18FN3O7S/c1-12-18(33-21(28)32-12)11-31-19(27)22(2,3)34-20-24-15-6-4-5-7-17(15)25(20)16-9-8-13(26(29)30)10-14(16)23/h4-10H,11H2,1-3H3. The Morgan fingerprint density at radius 2 is 2.00 bits per heavy atom. The first-order chi connectivity index (χ1) is 16.1. The second-order valence-electron chi connectivity index (χ2n) is 7.73. The number of carbonyl (C=O) groups excluding carboxylic acids is 1. The Kier molecular flexibility index (Phi) is 6.00. The summed E-state index contributed by atoms with van der Waals surface area (Å²) in [5.41, 5.74) is 0.757. The number of nitro benzene ring substituents is 1. The molecule has 0 radical (unpaired) electrons. The van der Waals surface area contributed by atoms with Crippen LogP contribution in [0, 0.1) is 22.9 Å². The largest absolute Gasteiger partial charge is 0.519 e. The maximum atomic E-state index is 14.9. The molecule has 0 bridgehead atoms. The number of hydrogen-bond donors (Lipinski definition) is 0. The lowest BCUT2D eigenvalue weighted by Crippen LogP contribution is -2.30. The average molecular weight is 487 g/mol. The van der Waals surface area contributed by atoms with Crippen molar-refractivity contribution in [1.82, 2.24) is 9.55 Å². The number of imidazole rings is 1. The van der Waals surface area contributed by atoms with Crippen molar-refractivity contribution in [2.24, 2.45) is 0 Å². The first-order valence-corrected chi connectivity index (χ1v) is 10.8. The minimum atomic E-state index is -1.19. The van der Waals surface area contributed by atoms with Crippen molar-refractivity contribution in [2.45, 2.75) is 37.3 Å². The molecule has 0 fully saturated rings. The fourth-order valence-corrected chi connectivity index (χ4v) is 4.21. The van der Waals surface area contributed by atoms with Crippen LogP contribution in [-0.4, -0.2) is 25.2 Å². The van der Waals surface area contributed by atoms with Crippen LogP contribution in [0.2, 0.25) is 0 Å². The molecule has 10 nitrogen and oxygen atoms in total. The van der Waals surface area contributed by atoms with Crippen molar-refractivity contribution in [3.63, 3.8) is 0 Å². The summed E-state index contributed by atoms with van der Waals surface area (Å²) in [4.78, 5) is 38.9. The van der Waals surface area contributed by atoms with E-state index in [1.54, 1.807) is 38.1 Å². The maximum absolute atomic E-state index is 14.9. The highest BCUT2D eigenvalue weighted by molar-refractivity contribution is 8.01. The molecule has 0 amide bonds. The van der Waals surface area contributed by atoms with Crippen LogP contribution in [0.4, 0.5) is 10.1 Å². The zero-order valence-electron chi connectivity index (χ0n) is 18.2. The van der Waals surface area contributed by atoms with Gasteiger partial charge in [0.1, 0.15) is 4.75 Å². The highest BCUT2D eigenvalue weighted by Gasteiger charge is 2.34. The Balaban J connectivity index is 1.68. The number of thioether (sulfide) groups is 1. The van der Waals surface area contributed by atoms with Gasteiger partial charge < -0.3 is 13.6 Å². The molecular weight excluding hydrogens is 469 g/mol. The number of nitrogens with zero attached hydrogens (tertiary/aromatic N) is 3. The number of aromatic nitrogens is 2. The molecular formula is C22H18FN3O7S. The van der Waals surface area contributed by atoms with Crippen molar-refractivity contribution in [1.29, 1.82) is 0 Å². The van der Waals surface area contributed by atoms with E-state index in [1.807, 2.05) is 0 Å². The number of hydrogen-bond acceptors (Lipinski definition) is 9. The van der Waals surface area contributed by atoms with Crippen LogP contribution in [0.15, 0.2) is 61.2 Å². The zero-order valence-corrected chi connectivity index (χ0v) is 19.1. The van der Waals surface area contributed by atoms with Gasteiger partial charge in [0, 0.05) is 6.07 Å². The number of aryl methyl sites for hydroxylation is 1. The first kappa shape index (κ1) is 23.2. The molecule has 12 heteroatoms. The molecule has 4 aromatic rings. The summed E-state index contributed by atoms with van der Waals surface area (Å²) < 4.78 is 30.1. The van der Waals surface area contributed by atoms with Crippen LogP contribution in [0.5, 0.6) is 0 Å². The summed E-state index contributed by atoms with van der Waals surface area (Å²) >= 11 is 1.03. The fraction of sp³-hybridized carbons (Fsp3) is 0.227. The second kappa shape index (κ2) is 8.78. The van der Waals surface area contributed by atoms with Gasteiger partial charge in [0.25, 0.3) is 5.69 Å². The molecule has 0 spiro atoms. The monoisotopic (exact) mass is 487 g/mol. The number of esters is 1. The highest BCUT2D eigenvalue weighted by Crippen LogP contribution is 2.37. The molecule has 0 atom stereocenters. The number of ether oxygens (including phenoxy) is 1. The van der Waals surface area contributed by atoms with Gasteiger partial charge in [-0.1, -0.05) is 23.9 Å². The van der Waals surface area contributed by atoms with Gasteiger partial charge in [0.2, 0.25) is 0 Å². The lowest BCUT2D eigenvalue weighted by Gasteiger charge is -2.22. The number of halogens is 1.